The summed E-state index contributed by atoms with van der Waals surface area (Å²) in [6.07, 6.45) is 0. The summed E-state index contributed by atoms with van der Waals surface area (Å²) in [5, 5.41) is 3.64. The molecular weight excluding hydrogens is 375 g/mol. The molecule has 0 aliphatic carbocycles. The van der Waals surface area contributed by atoms with Crippen molar-refractivity contribution in [3.63, 3.8) is 0 Å². The number of carbonyl (C=O) groups excluding carboxylic acids is 1. The summed E-state index contributed by atoms with van der Waals surface area (Å²) in [6, 6.07) is 12.5. The first-order chi connectivity index (χ1) is 12.4. The minimum absolute atomic E-state index is 0.100. The van der Waals surface area contributed by atoms with Gasteiger partial charge < -0.3 is 19.7 Å². The van der Waals surface area contributed by atoms with E-state index in [1.807, 2.05) is 38.4 Å². The molecule has 26 heavy (non-hydrogen) atoms. The van der Waals surface area contributed by atoms with Crippen LogP contribution in [0.5, 0.6) is 11.5 Å². The molecule has 0 saturated carbocycles. The van der Waals surface area contributed by atoms with E-state index < -0.39 is 0 Å². The lowest BCUT2D eigenvalue weighted by molar-refractivity contribution is -0.123. The number of amides is 1. The van der Waals surface area contributed by atoms with E-state index in [2.05, 4.69) is 10.2 Å². The van der Waals surface area contributed by atoms with Gasteiger partial charge in [0, 0.05) is 19.2 Å². The fourth-order valence-electron chi connectivity index (χ4n) is 2.06. The van der Waals surface area contributed by atoms with Crippen LogP contribution in [-0.4, -0.2) is 44.7 Å². The molecule has 0 spiro atoms. The molecule has 2 aromatic rings. The lowest BCUT2D eigenvalue weighted by Gasteiger charge is -2.12. The third kappa shape index (κ3) is 7.12. The first kappa shape index (κ1) is 20.4. The highest BCUT2D eigenvalue weighted by atomic mass is 35.5. The van der Waals surface area contributed by atoms with Crippen LogP contribution in [0.2, 0.25) is 10.0 Å². The van der Waals surface area contributed by atoms with E-state index in [0.29, 0.717) is 28.9 Å². The Bertz CT molecular complexity index is 738. The van der Waals surface area contributed by atoms with Crippen molar-refractivity contribution in [2.75, 3.05) is 33.9 Å². The molecule has 2 aromatic carbocycles. The molecule has 140 valence electrons. The van der Waals surface area contributed by atoms with Crippen LogP contribution in [0.15, 0.2) is 42.5 Å². The molecule has 0 bridgehead atoms. The van der Waals surface area contributed by atoms with Gasteiger partial charge in [-0.05, 0) is 43.9 Å². The molecule has 0 unspecified atom stereocenters. The monoisotopic (exact) mass is 396 g/mol. The SMILES string of the molecule is CN(C)CCOc1cccc(CNC(=O)COc2ccc(Cl)c(Cl)c2)c1. The van der Waals surface area contributed by atoms with Gasteiger partial charge in [-0.2, -0.15) is 0 Å². The van der Waals surface area contributed by atoms with Crippen molar-refractivity contribution in [2.45, 2.75) is 6.54 Å². The Morgan fingerprint density at radius 2 is 1.81 bits per heavy atom. The maximum Gasteiger partial charge on any atom is 0.258 e. The number of nitrogens with one attached hydrogen (secondary N) is 1. The largest absolute Gasteiger partial charge is 0.492 e. The van der Waals surface area contributed by atoms with Gasteiger partial charge in [-0.15, -0.1) is 0 Å². The average molecular weight is 397 g/mol. The van der Waals surface area contributed by atoms with Crippen LogP contribution in [-0.2, 0) is 11.3 Å². The highest BCUT2D eigenvalue weighted by molar-refractivity contribution is 6.42. The van der Waals surface area contributed by atoms with Crippen molar-refractivity contribution in [1.29, 1.82) is 0 Å². The van der Waals surface area contributed by atoms with E-state index in [1.54, 1.807) is 18.2 Å². The minimum Gasteiger partial charge on any atom is -0.492 e. The quantitative estimate of drug-likeness (QED) is 0.702. The highest BCUT2D eigenvalue weighted by Crippen LogP contribution is 2.26. The number of ether oxygens (including phenoxy) is 2. The lowest BCUT2D eigenvalue weighted by atomic mass is 10.2. The second-order valence-corrected chi connectivity index (χ2v) is 6.75. The zero-order valence-corrected chi connectivity index (χ0v) is 16.3. The van der Waals surface area contributed by atoms with E-state index in [0.717, 1.165) is 17.9 Å². The molecule has 7 heteroatoms. The molecule has 1 amide bonds. The Labute approximate surface area is 163 Å². The molecule has 0 heterocycles. The van der Waals surface area contributed by atoms with Crippen LogP contribution in [0, 0.1) is 0 Å². The van der Waals surface area contributed by atoms with Gasteiger partial charge in [0.25, 0.3) is 5.91 Å². The van der Waals surface area contributed by atoms with Crippen molar-refractivity contribution in [3.05, 3.63) is 58.1 Å². The minimum atomic E-state index is -0.227. The molecule has 0 aromatic heterocycles. The molecule has 5 nitrogen and oxygen atoms in total. The number of likely N-dealkylation sites (N-methyl/N-ethyl adjacent to an activating group) is 1. The molecule has 0 aliphatic rings. The summed E-state index contributed by atoms with van der Waals surface area (Å²) in [5.74, 6) is 1.05. The van der Waals surface area contributed by atoms with Crippen molar-refractivity contribution < 1.29 is 14.3 Å². The van der Waals surface area contributed by atoms with Crippen LogP contribution in [0.4, 0.5) is 0 Å². The molecule has 0 aliphatic heterocycles. The number of hydrogen-bond donors (Lipinski definition) is 1. The first-order valence-corrected chi connectivity index (χ1v) is 8.90. The van der Waals surface area contributed by atoms with Crippen LogP contribution in [0.25, 0.3) is 0 Å². The van der Waals surface area contributed by atoms with Gasteiger partial charge in [-0.1, -0.05) is 35.3 Å². The Kier molecular flexibility index (Phi) is 8.04. The Morgan fingerprint density at radius 1 is 1.04 bits per heavy atom. The predicted molar refractivity (Wildman–Crippen MR) is 104 cm³/mol. The van der Waals surface area contributed by atoms with Crippen molar-refractivity contribution in [2.24, 2.45) is 0 Å². The zero-order chi connectivity index (χ0) is 18.9. The average Bonchev–Trinajstić information content (AvgIpc) is 2.61. The van der Waals surface area contributed by atoms with E-state index in [1.165, 1.54) is 0 Å². The van der Waals surface area contributed by atoms with Crippen molar-refractivity contribution >= 4 is 29.1 Å². The van der Waals surface area contributed by atoms with Gasteiger partial charge in [0.1, 0.15) is 18.1 Å². The number of benzene rings is 2. The number of nitrogens with zero attached hydrogens (tertiary/aromatic N) is 1. The van der Waals surface area contributed by atoms with Gasteiger partial charge >= 0.3 is 0 Å². The number of carbonyl (C=O) groups is 1. The molecule has 1 N–H and O–H groups in total. The first-order valence-electron chi connectivity index (χ1n) is 8.15. The Hall–Kier alpha value is -1.95. The topological polar surface area (TPSA) is 50.8 Å². The van der Waals surface area contributed by atoms with Gasteiger partial charge in [0.05, 0.1) is 10.0 Å². The highest BCUT2D eigenvalue weighted by Gasteiger charge is 2.06. The fourth-order valence-corrected chi connectivity index (χ4v) is 2.35. The number of rotatable bonds is 9. The summed E-state index contributed by atoms with van der Waals surface area (Å²) in [4.78, 5) is 14.0. The number of hydrogen-bond acceptors (Lipinski definition) is 4. The van der Waals surface area contributed by atoms with E-state index in [-0.39, 0.29) is 12.5 Å². The molecular formula is C19H22Cl2N2O3. The van der Waals surface area contributed by atoms with E-state index in [4.69, 9.17) is 32.7 Å². The van der Waals surface area contributed by atoms with Gasteiger partial charge in [0.2, 0.25) is 0 Å². The molecule has 0 saturated heterocycles. The maximum atomic E-state index is 11.9. The van der Waals surface area contributed by atoms with Crippen LogP contribution in [0.1, 0.15) is 5.56 Å². The molecule has 0 fully saturated rings. The van der Waals surface area contributed by atoms with Gasteiger partial charge in [-0.25, -0.2) is 0 Å². The summed E-state index contributed by atoms with van der Waals surface area (Å²) >= 11 is 11.8. The second kappa shape index (κ2) is 10.3. The van der Waals surface area contributed by atoms with Crippen molar-refractivity contribution in [3.8, 4) is 11.5 Å². The summed E-state index contributed by atoms with van der Waals surface area (Å²) < 4.78 is 11.1. The molecule has 0 radical (unpaired) electrons. The number of halogens is 2. The summed E-state index contributed by atoms with van der Waals surface area (Å²) in [6.45, 7) is 1.75. The second-order valence-electron chi connectivity index (χ2n) is 5.94. The van der Waals surface area contributed by atoms with Crippen molar-refractivity contribution in [1.82, 2.24) is 10.2 Å². The third-order valence-corrected chi connectivity index (χ3v) is 4.20. The Morgan fingerprint density at radius 3 is 2.54 bits per heavy atom. The molecule has 2 rings (SSSR count). The molecule has 0 atom stereocenters. The van der Waals surface area contributed by atoms with Crippen LogP contribution in [0.3, 0.4) is 0 Å². The fraction of sp³-hybridized carbons (Fsp3) is 0.316. The third-order valence-electron chi connectivity index (χ3n) is 3.46. The van der Waals surface area contributed by atoms with E-state index >= 15 is 0 Å². The van der Waals surface area contributed by atoms with E-state index in [9.17, 15) is 4.79 Å². The smallest absolute Gasteiger partial charge is 0.258 e. The summed E-state index contributed by atoms with van der Waals surface area (Å²) in [7, 11) is 3.99. The Balaban J connectivity index is 1.77. The predicted octanol–water partition coefficient (Wildman–Crippen LogP) is 3.63. The van der Waals surface area contributed by atoms with Gasteiger partial charge in [0.15, 0.2) is 6.61 Å². The maximum absolute atomic E-state index is 11.9. The standard InChI is InChI=1S/C19H22Cl2N2O3/c1-23(2)8-9-25-15-5-3-4-14(10-15)12-22-19(24)13-26-16-6-7-17(20)18(21)11-16/h3-7,10-11H,8-9,12-13H2,1-2H3,(H,22,24). The lowest BCUT2D eigenvalue weighted by Crippen LogP contribution is -2.28. The summed E-state index contributed by atoms with van der Waals surface area (Å²) in [5.41, 5.74) is 0.954. The normalized spacial score (nSPS) is 10.7. The zero-order valence-electron chi connectivity index (χ0n) is 14.8. The van der Waals surface area contributed by atoms with Gasteiger partial charge in [-0.3, -0.25) is 4.79 Å². The van der Waals surface area contributed by atoms with Crippen LogP contribution >= 0.6 is 23.2 Å². The van der Waals surface area contributed by atoms with Crippen LogP contribution < -0.4 is 14.8 Å².